The second-order valence-corrected chi connectivity index (χ2v) is 12.0. The van der Waals surface area contributed by atoms with Gasteiger partial charge in [0.25, 0.3) is 0 Å². The molecule has 0 bridgehead atoms. The van der Waals surface area contributed by atoms with Crippen molar-refractivity contribution in [1.82, 2.24) is 19.8 Å². The zero-order valence-electron chi connectivity index (χ0n) is 25.5. The fraction of sp³-hybridized carbons (Fsp3) is 0.533. The quantitative estimate of drug-likeness (QED) is 0.395. The second kappa shape index (κ2) is 14.2. The molecule has 0 aliphatic carbocycles. The van der Waals surface area contributed by atoms with Gasteiger partial charge in [0, 0.05) is 68.8 Å². The topological polar surface area (TPSA) is 113 Å². The number of aromatic nitrogens is 2. The number of carbonyl (C=O) groups is 2. The molecule has 2 saturated heterocycles. The van der Waals surface area contributed by atoms with Crippen LogP contribution in [0.1, 0.15) is 31.2 Å². The molecule has 238 valence electrons. The molecular formula is C30H39Cl2N7O5. The third-order valence-corrected chi connectivity index (χ3v) is 8.81. The van der Waals surface area contributed by atoms with Gasteiger partial charge in [-0.05, 0) is 39.8 Å². The number of likely N-dealkylation sites (N-methyl/N-ethyl adjacent to an activating group) is 1. The van der Waals surface area contributed by atoms with Crippen molar-refractivity contribution in [2.45, 2.75) is 44.3 Å². The summed E-state index contributed by atoms with van der Waals surface area (Å²) in [4.78, 5) is 43.8. The third kappa shape index (κ3) is 6.83. The van der Waals surface area contributed by atoms with Gasteiger partial charge in [0.2, 0.25) is 11.9 Å². The summed E-state index contributed by atoms with van der Waals surface area (Å²) in [5.74, 6) is 1.61. The van der Waals surface area contributed by atoms with Gasteiger partial charge >= 0.3 is 6.03 Å². The van der Waals surface area contributed by atoms with E-state index in [1.807, 2.05) is 30.0 Å². The number of methoxy groups -OCH3 is 2. The van der Waals surface area contributed by atoms with Crippen molar-refractivity contribution in [3.8, 4) is 11.5 Å². The van der Waals surface area contributed by atoms with Crippen LogP contribution in [0.4, 0.5) is 22.2 Å². The summed E-state index contributed by atoms with van der Waals surface area (Å²) in [7, 11) is 6.88. The molecule has 0 atom stereocenters. The van der Waals surface area contributed by atoms with Crippen LogP contribution < -0.4 is 24.6 Å². The van der Waals surface area contributed by atoms with Crippen LogP contribution in [0, 0.1) is 0 Å². The molecule has 2 fully saturated rings. The number of likely N-dealkylation sites (tertiary alicyclic amines) is 1. The van der Waals surface area contributed by atoms with E-state index in [-0.39, 0.29) is 46.3 Å². The monoisotopic (exact) mass is 647 g/mol. The van der Waals surface area contributed by atoms with E-state index in [4.69, 9.17) is 42.4 Å². The molecular weight excluding hydrogens is 609 g/mol. The van der Waals surface area contributed by atoms with Crippen molar-refractivity contribution in [1.29, 1.82) is 0 Å². The van der Waals surface area contributed by atoms with Gasteiger partial charge < -0.3 is 29.3 Å². The Balaban J connectivity index is 1.47. The van der Waals surface area contributed by atoms with Crippen LogP contribution in [0.5, 0.6) is 11.5 Å². The maximum absolute atomic E-state index is 14.5. The van der Waals surface area contributed by atoms with E-state index in [1.54, 1.807) is 23.2 Å². The van der Waals surface area contributed by atoms with Gasteiger partial charge in [0.05, 0.1) is 26.5 Å². The van der Waals surface area contributed by atoms with Crippen molar-refractivity contribution in [2.24, 2.45) is 0 Å². The van der Waals surface area contributed by atoms with E-state index in [1.165, 1.54) is 19.1 Å². The Hall–Kier alpha value is -3.32. The molecule has 0 spiro atoms. The van der Waals surface area contributed by atoms with Crippen molar-refractivity contribution in [3.63, 3.8) is 0 Å². The predicted octanol–water partition coefficient (Wildman–Crippen LogP) is 4.45. The first-order valence-electron chi connectivity index (χ1n) is 14.7. The van der Waals surface area contributed by atoms with Gasteiger partial charge in [-0.15, -0.1) is 0 Å². The van der Waals surface area contributed by atoms with Crippen molar-refractivity contribution >= 4 is 52.6 Å². The van der Waals surface area contributed by atoms with E-state index in [0.717, 1.165) is 18.4 Å². The van der Waals surface area contributed by atoms with E-state index in [2.05, 4.69) is 10.3 Å². The summed E-state index contributed by atoms with van der Waals surface area (Å²) >= 11 is 13.5. The Kier molecular flexibility index (Phi) is 10.3. The molecule has 14 heteroatoms. The zero-order valence-corrected chi connectivity index (χ0v) is 27.0. The molecule has 3 aliphatic heterocycles. The van der Waals surface area contributed by atoms with Crippen LogP contribution in [0.3, 0.4) is 0 Å². The highest BCUT2D eigenvalue weighted by Gasteiger charge is 2.41. The van der Waals surface area contributed by atoms with Crippen LogP contribution in [0.25, 0.3) is 0 Å². The van der Waals surface area contributed by atoms with Gasteiger partial charge in [-0.1, -0.05) is 29.3 Å². The maximum Gasteiger partial charge on any atom is 0.330 e. The number of rotatable bonds is 9. The molecule has 4 heterocycles. The fourth-order valence-corrected chi connectivity index (χ4v) is 6.40. The Morgan fingerprint density at radius 3 is 2.39 bits per heavy atom. The average Bonchev–Trinajstić information content (AvgIpc) is 3.02. The number of nitrogens with one attached hydrogen (secondary N) is 1. The van der Waals surface area contributed by atoms with Gasteiger partial charge in [0.15, 0.2) is 0 Å². The number of carbonyl (C=O) groups excluding carboxylic acids is 2. The lowest BCUT2D eigenvalue weighted by molar-refractivity contribution is -0.127. The molecule has 0 unspecified atom stereocenters. The lowest BCUT2D eigenvalue weighted by Gasteiger charge is -2.43. The van der Waals surface area contributed by atoms with Crippen molar-refractivity contribution in [3.05, 3.63) is 40.0 Å². The average molecular weight is 649 g/mol. The Labute approximate surface area is 267 Å². The molecule has 3 amide bonds. The molecule has 1 aromatic carbocycles. The van der Waals surface area contributed by atoms with Gasteiger partial charge in [-0.2, -0.15) is 4.98 Å². The Morgan fingerprint density at radius 2 is 1.77 bits per heavy atom. The van der Waals surface area contributed by atoms with E-state index < -0.39 is 0 Å². The number of ether oxygens (including phenoxy) is 3. The van der Waals surface area contributed by atoms with Crippen LogP contribution in [0.2, 0.25) is 10.0 Å². The highest BCUT2D eigenvalue weighted by Crippen LogP contribution is 2.48. The smallest absolute Gasteiger partial charge is 0.330 e. The summed E-state index contributed by atoms with van der Waals surface area (Å²) in [5.41, 5.74) is 1.02. The lowest BCUT2D eigenvalue weighted by atomic mass is 10.0. The van der Waals surface area contributed by atoms with Crippen molar-refractivity contribution < 1.29 is 23.8 Å². The molecule has 0 radical (unpaired) electrons. The molecule has 2 aromatic rings. The SMILES string of the molecule is COc1cc(OC)c(Cl)c(N2Cc3cnc(NC4CCOCC4)nc3N(C3CCN(C(=O)C=CCN(C)C)CC3)C2=O)c1Cl. The third-order valence-electron chi connectivity index (χ3n) is 8.08. The van der Waals surface area contributed by atoms with Gasteiger partial charge in [-0.3, -0.25) is 14.6 Å². The first-order valence-corrected chi connectivity index (χ1v) is 15.5. The molecule has 3 aliphatic rings. The standard InChI is InChI=1S/C30H39Cl2N7O5/c1-36(2)11-5-6-24(40)37-12-7-21(8-13-37)39-28-19(17-33-29(35-28)34-20-9-14-44-15-10-20)18-38(30(39)41)27-25(31)22(42-3)16-23(43-4)26(27)32/h5-6,16-17,20-21H,7-15,18H2,1-4H3,(H,33,34,35). The molecule has 1 aromatic heterocycles. The maximum atomic E-state index is 14.5. The molecule has 5 rings (SSSR count). The van der Waals surface area contributed by atoms with Gasteiger partial charge in [-0.25, -0.2) is 9.78 Å². The summed E-state index contributed by atoms with van der Waals surface area (Å²) in [6, 6.07) is 1.21. The highest BCUT2D eigenvalue weighted by atomic mass is 35.5. The van der Waals surface area contributed by atoms with Crippen LogP contribution in [-0.4, -0.2) is 105 Å². The van der Waals surface area contributed by atoms with Crippen LogP contribution in [0.15, 0.2) is 24.4 Å². The number of fused-ring (bicyclic) bond motifs is 1. The number of hydrogen-bond donors (Lipinski definition) is 1. The number of anilines is 3. The lowest BCUT2D eigenvalue weighted by Crippen LogP contribution is -2.55. The second-order valence-electron chi connectivity index (χ2n) is 11.3. The Morgan fingerprint density at radius 1 is 1.11 bits per heavy atom. The molecule has 44 heavy (non-hydrogen) atoms. The van der Waals surface area contributed by atoms with Crippen LogP contribution >= 0.6 is 23.2 Å². The number of halogens is 2. The Bertz CT molecular complexity index is 1370. The summed E-state index contributed by atoms with van der Waals surface area (Å²) < 4.78 is 16.4. The minimum absolute atomic E-state index is 0.0374. The molecule has 1 N–H and O–H groups in total. The minimum Gasteiger partial charge on any atom is -0.495 e. The first kappa shape index (κ1) is 32.1. The number of benzene rings is 1. The van der Waals surface area contributed by atoms with Crippen molar-refractivity contribution in [2.75, 3.05) is 76.3 Å². The highest BCUT2D eigenvalue weighted by molar-refractivity contribution is 6.42. The normalized spacial score (nSPS) is 18.2. The van der Waals surface area contributed by atoms with Crippen LogP contribution in [-0.2, 0) is 16.1 Å². The largest absolute Gasteiger partial charge is 0.495 e. The minimum atomic E-state index is -0.331. The van der Waals surface area contributed by atoms with E-state index >= 15 is 0 Å². The number of urea groups is 1. The summed E-state index contributed by atoms with van der Waals surface area (Å²) in [6.45, 7) is 3.18. The molecule has 12 nitrogen and oxygen atoms in total. The van der Waals surface area contributed by atoms with Gasteiger partial charge in [0.1, 0.15) is 27.4 Å². The number of amides is 3. The zero-order chi connectivity index (χ0) is 31.4. The van der Waals surface area contributed by atoms with E-state index in [0.29, 0.717) is 69.0 Å². The molecule has 0 saturated carbocycles. The number of hydrogen-bond acceptors (Lipinski definition) is 9. The fourth-order valence-electron chi connectivity index (χ4n) is 5.70. The number of nitrogens with zero attached hydrogens (tertiary/aromatic N) is 6. The number of piperidine rings is 1. The summed E-state index contributed by atoms with van der Waals surface area (Å²) in [6.07, 6.45) is 8.05. The summed E-state index contributed by atoms with van der Waals surface area (Å²) in [5, 5.41) is 3.80. The predicted molar refractivity (Wildman–Crippen MR) is 170 cm³/mol. The first-order chi connectivity index (χ1) is 21.2. The van der Waals surface area contributed by atoms with E-state index in [9.17, 15) is 9.59 Å².